The first-order valence-electron chi connectivity index (χ1n) is 10.1. The number of hydrogen-bond donors (Lipinski definition) is 2. The summed E-state index contributed by atoms with van der Waals surface area (Å²) in [5.74, 6) is 1.31. The van der Waals surface area contributed by atoms with Crippen LogP contribution in [0.15, 0.2) is 34.2 Å². The number of halogens is 1. The molecular weight excluding hydrogens is 487 g/mol. The highest BCUT2D eigenvalue weighted by molar-refractivity contribution is 14.0. The van der Waals surface area contributed by atoms with Crippen molar-refractivity contribution in [2.24, 2.45) is 10.9 Å². The lowest BCUT2D eigenvalue weighted by atomic mass is 10.0. The van der Waals surface area contributed by atoms with Crippen molar-refractivity contribution >= 4 is 40.0 Å². The largest absolute Gasteiger partial charge is 0.356 e. The maximum Gasteiger partial charge on any atom is 0.243 e. The Balaban J connectivity index is 0.00000392. The molecule has 0 saturated carbocycles. The molecular formula is C20H35IN4O2S. The number of piperidine rings is 1. The van der Waals surface area contributed by atoms with Gasteiger partial charge < -0.3 is 10.6 Å². The van der Waals surface area contributed by atoms with E-state index in [0.717, 1.165) is 44.2 Å². The average Bonchev–Trinajstić information content (AvgIpc) is 2.71. The molecule has 1 aliphatic heterocycles. The molecule has 1 fully saturated rings. The van der Waals surface area contributed by atoms with Crippen LogP contribution in [0.5, 0.6) is 0 Å². The van der Waals surface area contributed by atoms with Gasteiger partial charge in [0.25, 0.3) is 0 Å². The van der Waals surface area contributed by atoms with Crippen molar-refractivity contribution < 1.29 is 8.42 Å². The Morgan fingerprint density at radius 3 is 2.36 bits per heavy atom. The van der Waals surface area contributed by atoms with Crippen LogP contribution in [-0.2, 0) is 16.6 Å². The quantitative estimate of drug-likeness (QED) is 0.311. The zero-order chi connectivity index (χ0) is 19.7. The van der Waals surface area contributed by atoms with Crippen LogP contribution in [0, 0.1) is 5.92 Å². The van der Waals surface area contributed by atoms with E-state index in [0.29, 0.717) is 36.4 Å². The molecule has 1 saturated heterocycles. The van der Waals surface area contributed by atoms with E-state index < -0.39 is 10.0 Å². The Hall–Kier alpha value is -0.870. The fourth-order valence-corrected chi connectivity index (χ4v) is 5.10. The van der Waals surface area contributed by atoms with Gasteiger partial charge in [-0.2, -0.15) is 4.31 Å². The third-order valence-electron chi connectivity index (χ3n) is 5.29. The normalized spacial score (nSPS) is 15.9. The molecule has 160 valence electrons. The molecule has 1 aromatic carbocycles. The fourth-order valence-electron chi connectivity index (χ4n) is 3.36. The smallest absolute Gasteiger partial charge is 0.243 e. The minimum Gasteiger partial charge on any atom is -0.356 e. The maximum absolute atomic E-state index is 13.1. The summed E-state index contributed by atoms with van der Waals surface area (Å²) in [6.45, 7) is 6.89. The predicted octanol–water partition coefficient (Wildman–Crippen LogP) is 3.58. The standard InChI is InChI=1S/C20H34N4O2S.HI/c1-4-17(5-2)15-22-20(21-3)23-16-18-11-7-8-12-19(18)27(25,26)24-13-9-6-10-14-24;/h7-8,11-12,17H,4-6,9-10,13-16H2,1-3H3,(H2,21,22,23);1H. The minimum atomic E-state index is -3.45. The third kappa shape index (κ3) is 6.88. The van der Waals surface area contributed by atoms with Crippen molar-refractivity contribution in [2.45, 2.75) is 57.4 Å². The predicted molar refractivity (Wildman–Crippen MR) is 127 cm³/mol. The number of guanidine groups is 1. The van der Waals surface area contributed by atoms with Gasteiger partial charge in [-0.1, -0.05) is 51.3 Å². The molecule has 6 nitrogen and oxygen atoms in total. The number of aliphatic imine (C=N–C) groups is 1. The van der Waals surface area contributed by atoms with Crippen LogP contribution in [0.1, 0.15) is 51.5 Å². The Bertz CT molecular complexity index is 715. The number of hydrogen-bond acceptors (Lipinski definition) is 3. The van der Waals surface area contributed by atoms with E-state index in [1.165, 1.54) is 0 Å². The molecule has 2 N–H and O–H groups in total. The number of sulfonamides is 1. The molecule has 0 aliphatic carbocycles. The molecule has 0 bridgehead atoms. The number of nitrogens with one attached hydrogen (secondary N) is 2. The van der Waals surface area contributed by atoms with E-state index in [1.54, 1.807) is 23.5 Å². The van der Waals surface area contributed by atoms with Crippen molar-refractivity contribution in [1.29, 1.82) is 0 Å². The van der Waals surface area contributed by atoms with Crippen LogP contribution in [-0.4, -0.2) is 45.4 Å². The minimum absolute atomic E-state index is 0. The second-order valence-corrected chi connectivity index (χ2v) is 8.97. The van der Waals surface area contributed by atoms with Crippen molar-refractivity contribution in [3.63, 3.8) is 0 Å². The van der Waals surface area contributed by atoms with E-state index in [1.807, 2.05) is 12.1 Å². The molecule has 2 rings (SSSR count). The van der Waals surface area contributed by atoms with Gasteiger partial charge in [0.15, 0.2) is 5.96 Å². The van der Waals surface area contributed by atoms with Crippen LogP contribution in [0.4, 0.5) is 0 Å². The second-order valence-electron chi connectivity index (χ2n) is 7.06. The van der Waals surface area contributed by atoms with Crippen LogP contribution in [0.3, 0.4) is 0 Å². The van der Waals surface area contributed by atoms with E-state index in [2.05, 4.69) is 29.5 Å². The van der Waals surface area contributed by atoms with E-state index in [4.69, 9.17) is 0 Å². The van der Waals surface area contributed by atoms with Gasteiger partial charge in [-0.15, -0.1) is 24.0 Å². The van der Waals surface area contributed by atoms with E-state index in [9.17, 15) is 8.42 Å². The van der Waals surface area contributed by atoms with Crippen molar-refractivity contribution in [3.05, 3.63) is 29.8 Å². The third-order valence-corrected chi connectivity index (χ3v) is 7.29. The van der Waals surface area contributed by atoms with Crippen LogP contribution in [0.2, 0.25) is 0 Å². The summed E-state index contributed by atoms with van der Waals surface area (Å²) >= 11 is 0. The summed E-state index contributed by atoms with van der Waals surface area (Å²) in [5, 5.41) is 6.60. The number of nitrogens with zero attached hydrogens (tertiary/aromatic N) is 2. The molecule has 0 aromatic heterocycles. The van der Waals surface area contributed by atoms with E-state index >= 15 is 0 Å². The first kappa shape index (κ1) is 25.2. The highest BCUT2D eigenvalue weighted by Crippen LogP contribution is 2.23. The lowest BCUT2D eigenvalue weighted by Gasteiger charge is -2.27. The van der Waals surface area contributed by atoms with Crippen molar-refractivity contribution in [1.82, 2.24) is 14.9 Å². The molecule has 1 aromatic rings. The van der Waals surface area contributed by atoms with Crippen LogP contribution >= 0.6 is 24.0 Å². The van der Waals surface area contributed by atoms with Gasteiger partial charge in [-0.05, 0) is 30.4 Å². The molecule has 0 radical (unpaired) electrons. The average molecular weight is 522 g/mol. The van der Waals surface area contributed by atoms with Gasteiger partial charge in [0, 0.05) is 33.2 Å². The lowest BCUT2D eigenvalue weighted by molar-refractivity contribution is 0.346. The Morgan fingerprint density at radius 2 is 1.75 bits per heavy atom. The first-order chi connectivity index (χ1) is 13.0. The lowest BCUT2D eigenvalue weighted by Crippen LogP contribution is -2.40. The summed E-state index contributed by atoms with van der Waals surface area (Å²) in [4.78, 5) is 4.66. The van der Waals surface area contributed by atoms with Gasteiger partial charge in [0.2, 0.25) is 10.0 Å². The monoisotopic (exact) mass is 522 g/mol. The van der Waals surface area contributed by atoms with Crippen molar-refractivity contribution in [3.8, 4) is 0 Å². The van der Waals surface area contributed by atoms with Gasteiger partial charge >= 0.3 is 0 Å². The molecule has 0 spiro atoms. The Kier molecular flexibility index (Phi) is 11.4. The van der Waals surface area contributed by atoms with Crippen LogP contribution in [0.25, 0.3) is 0 Å². The zero-order valence-corrected chi connectivity index (χ0v) is 20.4. The zero-order valence-electron chi connectivity index (χ0n) is 17.3. The van der Waals surface area contributed by atoms with Crippen LogP contribution < -0.4 is 10.6 Å². The molecule has 0 amide bonds. The highest BCUT2D eigenvalue weighted by atomic mass is 127. The van der Waals surface area contributed by atoms with Gasteiger partial charge in [-0.3, -0.25) is 4.99 Å². The molecule has 1 heterocycles. The topological polar surface area (TPSA) is 73.8 Å². The number of rotatable bonds is 8. The van der Waals surface area contributed by atoms with Gasteiger partial charge in [0.1, 0.15) is 0 Å². The molecule has 8 heteroatoms. The van der Waals surface area contributed by atoms with Gasteiger partial charge in [0.05, 0.1) is 4.90 Å². The Morgan fingerprint density at radius 1 is 1.11 bits per heavy atom. The second kappa shape index (κ2) is 12.6. The first-order valence-corrected chi connectivity index (χ1v) is 11.5. The van der Waals surface area contributed by atoms with Gasteiger partial charge in [-0.25, -0.2) is 8.42 Å². The number of benzene rings is 1. The summed E-state index contributed by atoms with van der Waals surface area (Å²) in [6.07, 6.45) is 5.22. The SMILES string of the molecule is CCC(CC)CNC(=NC)NCc1ccccc1S(=O)(=O)N1CCCCC1.I. The van der Waals surface area contributed by atoms with Crippen molar-refractivity contribution in [2.75, 3.05) is 26.7 Å². The molecule has 0 atom stereocenters. The summed E-state index contributed by atoms with van der Waals surface area (Å²) < 4.78 is 27.8. The summed E-state index contributed by atoms with van der Waals surface area (Å²) in [5.41, 5.74) is 0.772. The summed E-state index contributed by atoms with van der Waals surface area (Å²) in [7, 11) is -1.71. The molecule has 1 aliphatic rings. The molecule has 28 heavy (non-hydrogen) atoms. The fraction of sp³-hybridized carbons (Fsp3) is 0.650. The highest BCUT2D eigenvalue weighted by Gasteiger charge is 2.27. The Labute approximate surface area is 187 Å². The summed E-state index contributed by atoms with van der Waals surface area (Å²) in [6, 6.07) is 7.26. The maximum atomic E-state index is 13.1. The molecule has 0 unspecified atom stereocenters. The van der Waals surface area contributed by atoms with E-state index in [-0.39, 0.29) is 24.0 Å².